The van der Waals surface area contributed by atoms with Gasteiger partial charge in [0.1, 0.15) is 0 Å². The van der Waals surface area contributed by atoms with Crippen LogP contribution in [0.1, 0.15) is 0 Å². The molecule has 1 aromatic carbocycles. The molecule has 1 saturated heterocycles. The molecule has 1 amide bonds. The highest BCUT2D eigenvalue weighted by Crippen LogP contribution is 2.27. The highest BCUT2D eigenvalue weighted by Gasteiger charge is 2.26. The van der Waals surface area contributed by atoms with Crippen molar-refractivity contribution in [1.29, 1.82) is 0 Å². The summed E-state index contributed by atoms with van der Waals surface area (Å²) in [7, 11) is 0. The van der Waals surface area contributed by atoms with Gasteiger partial charge < -0.3 is 10.4 Å². The predicted octanol–water partition coefficient (Wildman–Crippen LogP) is 2.12. The van der Waals surface area contributed by atoms with Crippen LogP contribution in [-0.4, -0.2) is 41.7 Å². The van der Waals surface area contributed by atoms with Gasteiger partial charge in [0.25, 0.3) is 0 Å². The zero-order valence-electron chi connectivity index (χ0n) is 9.29. The first-order chi connectivity index (χ1) is 8.45. The number of hydrogen-bond donors (Lipinski definition) is 2. The minimum atomic E-state index is -0.267. The number of anilines is 1. The van der Waals surface area contributed by atoms with E-state index in [1.165, 1.54) is 0 Å². The lowest BCUT2D eigenvalue weighted by Gasteiger charge is -2.35. The number of β-amino-alcohol motifs (C(OH)–C–C–N with tert-alkyl or cyclic N) is 1. The number of amides is 1. The van der Waals surface area contributed by atoms with Gasteiger partial charge in [-0.3, -0.25) is 9.69 Å². The topological polar surface area (TPSA) is 52.6 Å². The zero-order valence-corrected chi connectivity index (χ0v) is 15.8. The molecular formula is C11H11I3N2O2. The number of halogens is 3. The standard InChI is InChI=1S/C11H11I3N2O2/c12-6-1-8(13)11(9(14)2-6)15-10(18)5-16-3-7(17)4-16/h1-2,7,17H,3-5H2,(H,15,18). The Morgan fingerprint density at radius 1 is 1.33 bits per heavy atom. The molecule has 1 heterocycles. The summed E-state index contributed by atoms with van der Waals surface area (Å²) in [6, 6.07) is 4.07. The molecular weight excluding hydrogens is 573 g/mol. The van der Waals surface area contributed by atoms with Gasteiger partial charge in [-0.25, -0.2) is 0 Å². The van der Waals surface area contributed by atoms with E-state index >= 15 is 0 Å². The lowest BCUT2D eigenvalue weighted by atomic mass is 10.2. The Labute approximate surface area is 146 Å². The van der Waals surface area contributed by atoms with Crippen molar-refractivity contribution in [2.75, 3.05) is 25.0 Å². The van der Waals surface area contributed by atoms with Crippen molar-refractivity contribution in [3.63, 3.8) is 0 Å². The largest absolute Gasteiger partial charge is 0.390 e. The molecule has 1 aromatic rings. The van der Waals surface area contributed by atoms with Crippen molar-refractivity contribution in [2.45, 2.75) is 6.10 Å². The Balaban J connectivity index is 1.98. The molecule has 4 nitrogen and oxygen atoms in total. The lowest BCUT2D eigenvalue weighted by molar-refractivity contribution is -0.119. The third-order valence-corrected chi connectivity index (χ3v) is 4.90. The summed E-state index contributed by atoms with van der Waals surface area (Å²) in [6.45, 7) is 1.53. The predicted molar refractivity (Wildman–Crippen MR) is 95.7 cm³/mol. The number of benzene rings is 1. The van der Waals surface area contributed by atoms with E-state index in [4.69, 9.17) is 5.11 Å². The molecule has 0 unspecified atom stereocenters. The Hall–Kier alpha value is 0.800. The van der Waals surface area contributed by atoms with Crippen molar-refractivity contribution >= 4 is 79.4 Å². The van der Waals surface area contributed by atoms with Gasteiger partial charge in [0, 0.05) is 23.8 Å². The number of aliphatic hydroxyl groups is 1. The molecule has 0 bridgehead atoms. The van der Waals surface area contributed by atoms with Crippen LogP contribution in [0.2, 0.25) is 0 Å². The van der Waals surface area contributed by atoms with Gasteiger partial charge in [-0.1, -0.05) is 0 Å². The fraction of sp³-hybridized carbons (Fsp3) is 0.364. The average molecular weight is 584 g/mol. The number of carbonyl (C=O) groups excluding carboxylic acids is 1. The van der Waals surface area contributed by atoms with E-state index in [2.05, 4.69) is 73.1 Å². The number of nitrogens with zero attached hydrogens (tertiary/aromatic N) is 1. The van der Waals surface area contributed by atoms with Crippen LogP contribution in [-0.2, 0) is 4.79 Å². The van der Waals surface area contributed by atoms with Gasteiger partial charge in [0.2, 0.25) is 5.91 Å². The van der Waals surface area contributed by atoms with Gasteiger partial charge in [-0.2, -0.15) is 0 Å². The summed E-state index contributed by atoms with van der Waals surface area (Å²) in [5.41, 5.74) is 0.877. The van der Waals surface area contributed by atoms with Crippen molar-refractivity contribution in [3.8, 4) is 0 Å². The fourth-order valence-electron chi connectivity index (χ4n) is 1.72. The molecule has 0 atom stereocenters. The monoisotopic (exact) mass is 584 g/mol. The van der Waals surface area contributed by atoms with Crippen LogP contribution in [0, 0.1) is 10.7 Å². The zero-order chi connectivity index (χ0) is 13.3. The molecule has 2 N–H and O–H groups in total. The Morgan fingerprint density at radius 2 is 1.89 bits per heavy atom. The van der Waals surface area contributed by atoms with Crippen molar-refractivity contribution < 1.29 is 9.90 Å². The van der Waals surface area contributed by atoms with E-state index in [1.807, 2.05) is 17.0 Å². The van der Waals surface area contributed by atoms with Gasteiger partial charge in [-0.05, 0) is 79.9 Å². The normalized spacial score (nSPS) is 16.4. The van der Waals surface area contributed by atoms with Crippen molar-refractivity contribution in [2.24, 2.45) is 0 Å². The number of rotatable bonds is 3. The Kier molecular flexibility index (Phi) is 5.49. The summed E-state index contributed by atoms with van der Waals surface area (Å²) in [5, 5.41) is 12.1. The summed E-state index contributed by atoms with van der Waals surface area (Å²) in [5.74, 6) is -0.0288. The molecule has 1 aliphatic rings. The first kappa shape index (κ1) is 15.2. The second kappa shape index (κ2) is 6.50. The number of hydrogen-bond acceptors (Lipinski definition) is 3. The summed E-state index contributed by atoms with van der Waals surface area (Å²) >= 11 is 6.71. The fourth-order valence-corrected chi connectivity index (χ4v) is 5.57. The number of carbonyl (C=O) groups is 1. The first-order valence-electron chi connectivity index (χ1n) is 5.30. The molecule has 2 rings (SSSR count). The highest BCUT2D eigenvalue weighted by molar-refractivity contribution is 14.1. The maximum absolute atomic E-state index is 11.9. The maximum atomic E-state index is 11.9. The second-order valence-corrected chi connectivity index (χ2v) is 7.71. The molecule has 0 spiro atoms. The second-order valence-electron chi connectivity index (χ2n) is 4.14. The molecule has 18 heavy (non-hydrogen) atoms. The van der Waals surface area contributed by atoms with Crippen LogP contribution in [0.5, 0.6) is 0 Å². The molecule has 7 heteroatoms. The van der Waals surface area contributed by atoms with E-state index in [1.54, 1.807) is 0 Å². The Morgan fingerprint density at radius 3 is 2.39 bits per heavy atom. The lowest BCUT2D eigenvalue weighted by Crippen LogP contribution is -2.53. The van der Waals surface area contributed by atoms with Crippen LogP contribution in [0.3, 0.4) is 0 Å². The number of nitrogens with one attached hydrogen (secondary N) is 1. The van der Waals surface area contributed by atoms with Crippen LogP contribution in [0.4, 0.5) is 5.69 Å². The number of aliphatic hydroxyl groups excluding tert-OH is 1. The van der Waals surface area contributed by atoms with Gasteiger partial charge in [0.05, 0.1) is 18.3 Å². The maximum Gasteiger partial charge on any atom is 0.238 e. The van der Waals surface area contributed by atoms with E-state index in [0.29, 0.717) is 19.6 Å². The van der Waals surface area contributed by atoms with E-state index in [0.717, 1.165) is 16.4 Å². The SMILES string of the molecule is O=C(CN1CC(O)C1)Nc1c(I)cc(I)cc1I. The van der Waals surface area contributed by atoms with Crippen LogP contribution in [0.15, 0.2) is 12.1 Å². The molecule has 0 radical (unpaired) electrons. The number of likely N-dealkylation sites (tertiary alicyclic amines) is 1. The first-order valence-corrected chi connectivity index (χ1v) is 8.54. The third kappa shape index (κ3) is 3.90. The summed E-state index contributed by atoms with van der Waals surface area (Å²) in [6.07, 6.45) is -0.267. The molecule has 1 aliphatic heterocycles. The minimum absolute atomic E-state index is 0.0288. The van der Waals surface area contributed by atoms with Gasteiger partial charge in [0.15, 0.2) is 0 Å². The summed E-state index contributed by atoms with van der Waals surface area (Å²) < 4.78 is 3.24. The van der Waals surface area contributed by atoms with E-state index < -0.39 is 0 Å². The van der Waals surface area contributed by atoms with Crippen molar-refractivity contribution in [1.82, 2.24) is 4.90 Å². The summed E-state index contributed by atoms with van der Waals surface area (Å²) in [4.78, 5) is 13.8. The van der Waals surface area contributed by atoms with E-state index in [-0.39, 0.29) is 12.0 Å². The van der Waals surface area contributed by atoms with Crippen molar-refractivity contribution in [3.05, 3.63) is 22.8 Å². The van der Waals surface area contributed by atoms with Crippen LogP contribution >= 0.6 is 67.8 Å². The smallest absolute Gasteiger partial charge is 0.238 e. The molecule has 0 aliphatic carbocycles. The van der Waals surface area contributed by atoms with E-state index in [9.17, 15) is 4.79 Å². The highest BCUT2D eigenvalue weighted by atomic mass is 127. The van der Waals surface area contributed by atoms with Gasteiger partial charge in [-0.15, -0.1) is 0 Å². The van der Waals surface area contributed by atoms with Crippen LogP contribution < -0.4 is 5.32 Å². The minimum Gasteiger partial charge on any atom is -0.390 e. The molecule has 98 valence electrons. The molecule has 1 fully saturated rings. The molecule has 0 aromatic heterocycles. The third-order valence-electron chi connectivity index (χ3n) is 2.58. The van der Waals surface area contributed by atoms with Crippen LogP contribution in [0.25, 0.3) is 0 Å². The average Bonchev–Trinajstić information content (AvgIpc) is 2.21. The Bertz CT molecular complexity index is 452. The quantitative estimate of drug-likeness (QED) is 0.537. The molecule has 0 saturated carbocycles. The van der Waals surface area contributed by atoms with Gasteiger partial charge >= 0.3 is 0 Å².